The molecule has 1 aromatic rings. The van der Waals surface area contributed by atoms with Gasteiger partial charge in [-0.25, -0.2) is 4.68 Å². The number of nitriles is 1. The first-order valence-electron chi connectivity index (χ1n) is 3.81. The molecule has 4 nitrogen and oxygen atoms in total. The predicted molar refractivity (Wildman–Crippen MR) is 44.2 cm³/mol. The van der Waals surface area contributed by atoms with Crippen LogP contribution in [0.4, 0.5) is 0 Å². The molecule has 0 bridgehead atoms. The maximum atomic E-state index is 8.65. The van der Waals surface area contributed by atoms with Crippen molar-refractivity contribution in [1.29, 1.82) is 5.26 Å². The van der Waals surface area contributed by atoms with Crippen LogP contribution in [0.25, 0.3) is 0 Å². The van der Waals surface area contributed by atoms with E-state index in [1.807, 2.05) is 6.07 Å². The molecule has 1 heterocycles. The van der Waals surface area contributed by atoms with Gasteiger partial charge < -0.3 is 0 Å². The number of aromatic nitrogens is 3. The third kappa shape index (κ3) is 2.06. The lowest BCUT2D eigenvalue weighted by molar-refractivity contribution is 0.320. The van der Waals surface area contributed by atoms with E-state index in [9.17, 15) is 0 Å². The molecule has 64 valence electrons. The van der Waals surface area contributed by atoms with Gasteiger partial charge in [-0.15, -0.1) is 5.10 Å². The fraction of sp³-hybridized carbons (Fsp3) is 0.625. The van der Waals surface area contributed by atoms with Crippen LogP contribution in [0.3, 0.4) is 0 Å². The second-order valence-electron chi connectivity index (χ2n) is 3.95. The fourth-order valence-corrected chi connectivity index (χ4v) is 0.910. The van der Waals surface area contributed by atoms with Crippen LogP contribution in [0.1, 0.15) is 26.5 Å². The van der Waals surface area contributed by atoms with Crippen molar-refractivity contribution in [3.63, 3.8) is 0 Å². The van der Waals surface area contributed by atoms with E-state index >= 15 is 0 Å². The molecule has 0 aromatic carbocycles. The average Bonchev–Trinajstić information content (AvgIpc) is 2.31. The Bertz CT molecular complexity index is 300. The minimum atomic E-state index is 0.124. The molecule has 1 aromatic heterocycles. The van der Waals surface area contributed by atoms with Gasteiger partial charge in [0.05, 0.1) is 6.20 Å². The first-order valence-corrected chi connectivity index (χ1v) is 3.81. The van der Waals surface area contributed by atoms with Gasteiger partial charge in [0.1, 0.15) is 6.07 Å². The molecular formula is C8H12N4. The Morgan fingerprint density at radius 1 is 1.58 bits per heavy atom. The van der Waals surface area contributed by atoms with Crippen molar-refractivity contribution in [2.45, 2.75) is 27.3 Å². The molecule has 0 aliphatic heterocycles. The summed E-state index contributed by atoms with van der Waals surface area (Å²) in [6.45, 7) is 7.00. The lowest BCUT2D eigenvalue weighted by Crippen LogP contribution is -2.17. The summed E-state index contributed by atoms with van der Waals surface area (Å²) in [5.41, 5.74) is 0.643. The lowest BCUT2D eigenvalue weighted by Gasteiger charge is -2.17. The highest BCUT2D eigenvalue weighted by molar-refractivity contribution is 5.14. The van der Waals surface area contributed by atoms with Crippen molar-refractivity contribution in [2.75, 3.05) is 0 Å². The summed E-state index contributed by atoms with van der Waals surface area (Å²) in [6, 6.07) is 2.04. The van der Waals surface area contributed by atoms with Gasteiger partial charge in [-0.05, 0) is 5.41 Å². The van der Waals surface area contributed by atoms with Gasteiger partial charge in [-0.3, -0.25) is 0 Å². The van der Waals surface area contributed by atoms with E-state index in [1.165, 1.54) is 6.20 Å². The van der Waals surface area contributed by atoms with Crippen molar-refractivity contribution in [3.05, 3.63) is 11.9 Å². The largest absolute Gasteiger partial charge is 0.234 e. The Morgan fingerprint density at radius 3 is 2.75 bits per heavy atom. The van der Waals surface area contributed by atoms with Gasteiger partial charge in [0.25, 0.3) is 0 Å². The van der Waals surface area contributed by atoms with Crippen LogP contribution >= 0.6 is 0 Å². The van der Waals surface area contributed by atoms with E-state index in [0.29, 0.717) is 5.69 Å². The van der Waals surface area contributed by atoms with E-state index < -0.39 is 0 Å². The maximum Gasteiger partial charge on any atom is 0.158 e. The lowest BCUT2D eigenvalue weighted by atomic mass is 9.97. The number of hydrogen-bond donors (Lipinski definition) is 0. The second-order valence-corrected chi connectivity index (χ2v) is 3.95. The monoisotopic (exact) mass is 164 g/mol. The highest BCUT2D eigenvalue weighted by atomic mass is 15.4. The molecule has 4 heteroatoms. The molecule has 0 unspecified atom stereocenters. The number of rotatable bonds is 1. The molecule has 0 saturated carbocycles. The SMILES string of the molecule is CC(C)(C)Cn1nncc1C#N. The molecule has 1 rings (SSSR count). The van der Waals surface area contributed by atoms with Crippen LogP contribution in [0, 0.1) is 16.7 Å². The van der Waals surface area contributed by atoms with Gasteiger partial charge in [-0.1, -0.05) is 26.0 Å². The molecule has 12 heavy (non-hydrogen) atoms. The van der Waals surface area contributed by atoms with Gasteiger partial charge in [0, 0.05) is 6.54 Å². The highest BCUT2D eigenvalue weighted by Gasteiger charge is 2.13. The van der Waals surface area contributed by atoms with Gasteiger partial charge in [0.2, 0.25) is 0 Å². The quantitative estimate of drug-likeness (QED) is 0.626. The third-order valence-corrected chi connectivity index (χ3v) is 1.36. The summed E-state index contributed by atoms with van der Waals surface area (Å²) in [5, 5.41) is 16.1. The van der Waals surface area contributed by atoms with Gasteiger partial charge >= 0.3 is 0 Å². The summed E-state index contributed by atoms with van der Waals surface area (Å²) < 4.78 is 1.62. The molecule has 0 spiro atoms. The van der Waals surface area contributed by atoms with E-state index in [1.54, 1.807) is 4.68 Å². The Kier molecular flexibility index (Phi) is 2.13. The van der Waals surface area contributed by atoms with Crippen molar-refractivity contribution < 1.29 is 0 Å². The normalized spacial score (nSPS) is 11.2. The summed E-state index contributed by atoms with van der Waals surface area (Å²) in [6.07, 6.45) is 1.48. The molecule has 0 saturated heterocycles. The minimum absolute atomic E-state index is 0.124. The molecule has 0 aliphatic carbocycles. The molecular weight excluding hydrogens is 152 g/mol. The van der Waals surface area contributed by atoms with Crippen LogP contribution in [-0.4, -0.2) is 15.0 Å². The zero-order valence-electron chi connectivity index (χ0n) is 7.57. The van der Waals surface area contributed by atoms with Gasteiger partial charge in [-0.2, -0.15) is 5.26 Å². The summed E-state index contributed by atoms with van der Waals surface area (Å²) in [4.78, 5) is 0. The van der Waals surface area contributed by atoms with E-state index in [-0.39, 0.29) is 5.41 Å². The molecule has 0 N–H and O–H groups in total. The Morgan fingerprint density at radius 2 is 2.25 bits per heavy atom. The summed E-state index contributed by atoms with van der Waals surface area (Å²) in [5.74, 6) is 0. The average molecular weight is 164 g/mol. The smallest absolute Gasteiger partial charge is 0.158 e. The zero-order valence-corrected chi connectivity index (χ0v) is 7.57. The number of hydrogen-bond acceptors (Lipinski definition) is 3. The Labute approximate surface area is 71.8 Å². The second kappa shape index (κ2) is 2.94. The van der Waals surface area contributed by atoms with Crippen LogP contribution in [0.2, 0.25) is 0 Å². The van der Waals surface area contributed by atoms with Crippen LogP contribution in [-0.2, 0) is 6.54 Å². The standard InChI is InChI=1S/C8H12N4/c1-8(2,3)6-12-7(4-9)5-10-11-12/h5H,6H2,1-3H3. The fourth-order valence-electron chi connectivity index (χ4n) is 0.910. The van der Waals surface area contributed by atoms with Crippen LogP contribution < -0.4 is 0 Å². The predicted octanol–water partition coefficient (Wildman–Crippen LogP) is 1.20. The highest BCUT2D eigenvalue weighted by Crippen LogP contribution is 2.15. The van der Waals surface area contributed by atoms with E-state index in [2.05, 4.69) is 31.1 Å². The zero-order chi connectivity index (χ0) is 9.19. The Balaban J connectivity index is 2.84. The molecule has 0 radical (unpaired) electrons. The van der Waals surface area contributed by atoms with E-state index in [4.69, 9.17) is 5.26 Å². The van der Waals surface area contributed by atoms with Crippen molar-refractivity contribution in [3.8, 4) is 6.07 Å². The third-order valence-electron chi connectivity index (χ3n) is 1.36. The summed E-state index contributed by atoms with van der Waals surface area (Å²) in [7, 11) is 0. The van der Waals surface area contributed by atoms with Gasteiger partial charge in [0.15, 0.2) is 5.69 Å². The van der Waals surface area contributed by atoms with Crippen LogP contribution in [0.15, 0.2) is 6.20 Å². The topological polar surface area (TPSA) is 54.5 Å². The van der Waals surface area contributed by atoms with Crippen molar-refractivity contribution >= 4 is 0 Å². The molecule has 0 aliphatic rings. The maximum absolute atomic E-state index is 8.65. The number of nitrogens with zero attached hydrogens (tertiary/aromatic N) is 4. The van der Waals surface area contributed by atoms with E-state index in [0.717, 1.165) is 6.54 Å². The van der Waals surface area contributed by atoms with Crippen molar-refractivity contribution in [1.82, 2.24) is 15.0 Å². The van der Waals surface area contributed by atoms with Crippen molar-refractivity contribution in [2.24, 2.45) is 5.41 Å². The minimum Gasteiger partial charge on any atom is -0.234 e. The molecule has 0 atom stereocenters. The first-order chi connectivity index (χ1) is 5.53. The summed E-state index contributed by atoms with van der Waals surface area (Å²) >= 11 is 0. The van der Waals surface area contributed by atoms with Crippen LogP contribution in [0.5, 0.6) is 0 Å². The molecule has 0 fully saturated rings. The molecule has 0 amide bonds. The Hall–Kier alpha value is -1.37. The first kappa shape index (κ1) is 8.72.